The molecule has 0 unspecified atom stereocenters. The monoisotopic (exact) mass is 410 g/mol. The van der Waals surface area contributed by atoms with E-state index in [0.29, 0.717) is 24.3 Å². The van der Waals surface area contributed by atoms with Crippen molar-refractivity contribution in [3.63, 3.8) is 0 Å². The molecule has 31 heavy (non-hydrogen) atoms. The van der Waals surface area contributed by atoms with Gasteiger partial charge in [-0.05, 0) is 18.2 Å². The van der Waals surface area contributed by atoms with E-state index >= 15 is 0 Å². The van der Waals surface area contributed by atoms with Crippen LogP contribution in [0.25, 0.3) is 32.9 Å². The normalized spacial score (nSPS) is 11.3. The quantitative estimate of drug-likeness (QED) is 0.471. The minimum absolute atomic E-state index is 0.190. The van der Waals surface area contributed by atoms with Crippen LogP contribution < -0.4 is 4.90 Å². The van der Waals surface area contributed by atoms with E-state index in [0.717, 1.165) is 33.2 Å². The summed E-state index contributed by atoms with van der Waals surface area (Å²) in [6.07, 6.45) is 7.87. The van der Waals surface area contributed by atoms with E-state index in [9.17, 15) is 5.11 Å². The minimum Gasteiger partial charge on any atom is -0.494 e. The van der Waals surface area contributed by atoms with Crippen LogP contribution in [0.2, 0.25) is 0 Å². The number of aromatic hydroxyl groups is 1. The maximum atomic E-state index is 11.0. The lowest BCUT2D eigenvalue weighted by atomic mass is 10.1. The summed E-state index contributed by atoms with van der Waals surface area (Å²) in [5.41, 5.74) is 4.39. The SMILES string of the molecule is CN(C)c1ncc(-c2ccnc3cn(CCc4ccc5ccccc5n4)c(O)c23)cn1. The van der Waals surface area contributed by atoms with Crippen molar-refractivity contribution < 1.29 is 5.11 Å². The van der Waals surface area contributed by atoms with Gasteiger partial charge in [-0.1, -0.05) is 24.3 Å². The van der Waals surface area contributed by atoms with E-state index in [1.165, 1.54) is 0 Å². The van der Waals surface area contributed by atoms with Crippen molar-refractivity contribution in [3.05, 3.63) is 72.9 Å². The molecule has 154 valence electrons. The molecule has 0 fully saturated rings. The second-order valence-electron chi connectivity index (χ2n) is 7.68. The Balaban J connectivity index is 1.46. The molecule has 0 atom stereocenters. The molecule has 0 aliphatic rings. The van der Waals surface area contributed by atoms with Gasteiger partial charge < -0.3 is 14.6 Å². The molecule has 0 spiro atoms. The van der Waals surface area contributed by atoms with Gasteiger partial charge in [0, 0.05) is 74.1 Å². The highest BCUT2D eigenvalue weighted by Gasteiger charge is 2.15. The topological polar surface area (TPSA) is 80.0 Å². The molecule has 0 aliphatic heterocycles. The molecule has 5 aromatic rings. The van der Waals surface area contributed by atoms with Crippen molar-refractivity contribution in [2.75, 3.05) is 19.0 Å². The van der Waals surface area contributed by atoms with Crippen LogP contribution in [-0.4, -0.2) is 43.7 Å². The molecular weight excluding hydrogens is 388 g/mol. The molecule has 5 rings (SSSR count). The fraction of sp³-hybridized carbons (Fsp3) is 0.167. The molecule has 1 aromatic carbocycles. The van der Waals surface area contributed by atoms with Gasteiger partial charge >= 0.3 is 0 Å². The molecule has 0 saturated heterocycles. The number of para-hydroxylation sites is 1. The summed E-state index contributed by atoms with van der Waals surface area (Å²) < 4.78 is 1.83. The Morgan fingerprint density at radius 2 is 1.74 bits per heavy atom. The third-order valence-electron chi connectivity index (χ3n) is 5.37. The highest BCUT2D eigenvalue weighted by Crippen LogP contribution is 2.35. The first kappa shape index (κ1) is 19.0. The summed E-state index contributed by atoms with van der Waals surface area (Å²) in [4.78, 5) is 19.8. The smallest absolute Gasteiger partial charge is 0.224 e. The van der Waals surface area contributed by atoms with Crippen molar-refractivity contribution >= 4 is 27.8 Å². The zero-order chi connectivity index (χ0) is 21.4. The van der Waals surface area contributed by atoms with Gasteiger partial charge in [0.05, 0.1) is 16.4 Å². The lowest BCUT2D eigenvalue weighted by Gasteiger charge is -2.10. The Labute approximate surface area is 179 Å². The van der Waals surface area contributed by atoms with E-state index < -0.39 is 0 Å². The van der Waals surface area contributed by atoms with Crippen LogP contribution in [0.15, 0.2) is 67.3 Å². The second kappa shape index (κ2) is 7.68. The average Bonchev–Trinajstić information content (AvgIpc) is 3.13. The van der Waals surface area contributed by atoms with E-state index in [-0.39, 0.29) is 5.88 Å². The molecule has 7 heteroatoms. The molecule has 0 aliphatic carbocycles. The van der Waals surface area contributed by atoms with Crippen LogP contribution in [0.4, 0.5) is 5.95 Å². The predicted molar refractivity (Wildman–Crippen MR) is 122 cm³/mol. The van der Waals surface area contributed by atoms with Crippen LogP contribution in [0.3, 0.4) is 0 Å². The van der Waals surface area contributed by atoms with E-state index in [4.69, 9.17) is 4.98 Å². The second-order valence-corrected chi connectivity index (χ2v) is 7.68. The molecule has 0 radical (unpaired) electrons. The van der Waals surface area contributed by atoms with Crippen LogP contribution in [0.5, 0.6) is 5.88 Å². The van der Waals surface area contributed by atoms with Gasteiger partial charge in [-0.3, -0.25) is 9.97 Å². The lowest BCUT2D eigenvalue weighted by molar-refractivity contribution is 0.422. The van der Waals surface area contributed by atoms with Gasteiger partial charge in [0.1, 0.15) is 0 Å². The van der Waals surface area contributed by atoms with E-state index in [1.54, 1.807) is 18.6 Å². The summed E-state index contributed by atoms with van der Waals surface area (Å²) in [6.45, 7) is 0.600. The molecular formula is C24H22N6O. The number of aryl methyl sites for hydroxylation is 2. The fourth-order valence-electron chi connectivity index (χ4n) is 3.75. The van der Waals surface area contributed by atoms with Gasteiger partial charge in [-0.25, -0.2) is 9.97 Å². The van der Waals surface area contributed by atoms with Crippen molar-refractivity contribution in [2.24, 2.45) is 0 Å². The number of fused-ring (bicyclic) bond motifs is 2. The zero-order valence-electron chi connectivity index (χ0n) is 17.4. The Kier molecular flexibility index (Phi) is 4.71. The van der Waals surface area contributed by atoms with Crippen molar-refractivity contribution in [1.29, 1.82) is 0 Å². The lowest BCUT2D eigenvalue weighted by Crippen LogP contribution is -2.12. The molecule has 4 heterocycles. The predicted octanol–water partition coefficient (Wildman–Crippen LogP) is 4.06. The number of aromatic nitrogens is 5. The Hall–Kier alpha value is -4.00. The van der Waals surface area contributed by atoms with Gasteiger partial charge in [-0.15, -0.1) is 0 Å². The molecule has 0 saturated carbocycles. The number of hydrogen-bond acceptors (Lipinski definition) is 6. The van der Waals surface area contributed by atoms with Gasteiger partial charge in [-0.2, -0.15) is 0 Å². The number of rotatable bonds is 5. The van der Waals surface area contributed by atoms with Gasteiger partial charge in [0.25, 0.3) is 0 Å². The van der Waals surface area contributed by atoms with Crippen LogP contribution in [0.1, 0.15) is 5.69 Å². The summed E-state index contributed by atoms with van der Waals surface area (Å²) in [6, 6.07) is 14.1. The average molecular weight is 410 g/mol. The third kappa shape index (κ3) is 3.54. The molecule has 0 bridgehead atoms. The van der Waals surface area contributed by atoms with Gasteiger partial charge in [0.2, 0.25) is 11.8 Å². The third-order valence-corrected chi connectivity index (χ3v) is 5.37. The van der Waals surface area contributed by atoms with Crippen LogP contribution in [-0.2, 0) is 13.0 Å². The van der Waals surface area contributed by atoms with Gasteiger partial charge in [0.15, 0.2) is 0 Å². The van der Waals surface area contributed by atoms with Crippen LogP contribution in [0, 0.1) is 0 Å². The number of benzene rings is 1. The summed E-state index contributed by atoms with van der Waals surface area (Å²) in [5.74, 6) is 0.828. The standard InChI is InChI=1S/C24H22N6O/c1-29(2)24-26-13-17(14-27-24)19-9-11-25-21-15-30(23(31)22(19)21)12-10-18-8-7-16-5-3-4-6-20(16)28-18/h3-9,11,13-15,31H,10,12H2,1-2H3. The zero-order valence-corrected chi connectivity index (χ0v) is 17.4. The first-order chi connectivity index (χ1) is 15.1. The summed E-state index contributed by atoms with van der Waals surface area (Å²) in [7, 11) is 3.80. The van der Waals surface area contributed by atoms with Crippen molar-refractivity contribution in [3.8, 4) is 17.0 Å². The summed E-state index contributed by atoms with van der Waals surface area (Å²) in [5, 5.41) is 12.8. The Morgan fingerprint density at radius 1 is 0.935 bits per heavy atom. The maximum absolute atomic E-state index is 11.0. The number of anilines is 1. The van der Waals surface area contributed by atoms with Crippen LogP contribution >= 0.6 is 0 Å². The molecule has 0 amide bonds. The highest BCUT2D eigenvalue weighted by molar-refractivity contribution is 5.98. The molecule has 1 N–H and O–H groups in total. The highest BCUT2D eigenvalue weighted by atomic mass is 16.3. The maximum Gasteiger partial charge on any atom is 0.224 e. The minimum atomic E-state index is 0.190. The van der Waals surface area contributed by atoms with Crippen molar-refractivity contribution in [2.45, 2.75) is 13.0 Å². The molecule has 7 nitrogen and oxygen atoms in total. The number of nitrogens with zero attached hydrogens (tertiary/aromatic N) is 6. The number of pyridine rings is 2. The number of hydrogen-bond donors (Lipinski definition) is 1. The first-order valence-electron chi connectivity index (χ1n) is 10.1. The van der Waals surface area contributed by atoms with E-state index in [2.05, 4.69) is 27.1 Å². The van der Waals surface area contributed by atoms with E-state index in [1.807, 2.05) is 60.1 Å². The first-order valence-corrected chi connectivity index (χ1v) is 10.1. The summed E-state index contributed by atoms with van der Waals surface area (Å²) >= 11 is 0. The Morgan fingerprint density at radius 3 is 2.55 bits per heavy atom. The van der Waals surface area contributed by atoms with Crippen molar-refractivity contribution in [1.82, 2.24) is 24.5 Å². The largest absolute Gasteiger partial charge is 0.494 e. The Bertz CT molecular complexity index is 1370. The fourth-order valence-corrected chi connectivity index (χ4v) is 3.75. The molecule has 4 aromatic heterocycles.